The highest BCUT2D eigenvalue weighted by Gasteiger charge is 1.99. The van der Waals surface area contributed by atoms with Gasteiger partial charge in [-0.3, -0.25) is 0 Å². The van der Waals surface area contributed by atoms with Gasteiger partial charge in [0.05, 0.1) is 6.61 Å². The van der Waals surface area contributed by atoms with Crippen LogP contribution in [0, 0.1) is 0 Å². The summed E-state index contributed by atoms with van der Waals surface area (Å²) in [4.78, 5) is 0. The van der Waals surface area contributed by atoms with Crippen LogP contribution in [0.1, 0.15) is 25.7 Å². The van der Waals surface area contributed by atoms with Gasteiger partial charge in [0.25, 0.3) is 0 Å². The largest absolute Gasteiger partial charge is 0.508 e. The maximum atomic E-state index is 9.30. The van der Waals surface area contributed by atoms with Gasteiger partial charge in [0.1, 0.15) is 11.5 Å². The molecule has 1 N–H and O–H groups in total. The van der Waals surface area contributed by atoms with Gasteiger partial charge in [0, 0.05) is 5.33 Å². The Balaban J connectivity index is 1.80. The fraction of sp³-hybridized carbons (Fsp3) is 0.333. The van der Waals surface area contributed by atoms with Crippen LogP contribution in [0.3, 0.4) is 0 Å². The van der Waals surface area contributed by atoms with E-state index in [1.165, 1.54) is 19.3 Å². The third-order valence-corrected chi connectivity index (χ3v) is 3.91. The van der Waals surface area contributed by atoms with Crippen molar-refractivity contribution in [1.82, 2.24) is 0 Å². The lowest BCUT2D eigenvalue weighted by molar-refractivity contribution is 0.305. The standard InChI is InChI=1S/C18H21BrO2/c19-13-3-1-2-4-14-21-18-11-7-16(8-12-18)15-5-9-17(20)10-6-15/h5-12,20H,1-4,13-14H2. The van der Waals surface area contributed by atoms with Gasteiger partial charge in [-0.1, -0.05) is 53.0 Å². The fourth-order valence-electron chi connectivity index (χ4n) is 2.14. The number of phenols is 1. The number of unbranched alkanes of at least 4 members (excludes halogenated alkanes) is 3. The lowest BCUT2D eigenvalue weighted by Gasteiger charge is -2.07. The van der Waals surface area contributed by atoms with Crippen molar-refractivity contribution in [3.63, 3.8) is 0 Å². The maximum absolute atomic E-state index is 9.30. The van der Waals surface area contributed by atoms with Crippen molar-refractivity contribution in [2.24, 2.45) is 0 Å². The number of benzene rings is 2. The van der Waals surface area contributed by atoms with Gasteiger partial charge in [-0.2, -0.15) is 0 Å². The quantitative estimate of drug-likeness (QED) is 0.511. The summed E-state index contributed by atoms with van der Waals surface area (Å²) < 4.78 is 5.74. The Morgan fingerprint density at radius 3 is 1.95 bits per heavy atom. The van der Waals surface area contributed by atoms with Gasteiger partial charge < -0.3 is 9.84 Å². The van der Waals surface area contributed by atoms with Gasteiger partial charge in [-0.15, -0.1) is 0 Å². The molecule has 0 spiro atoms. The van der Waals surface area contributed by atoms with Crippen molar-refractivity contribution in [2.45, 2.75) is 25.7 Å². The molecule has 112 valence electrons. The highest BCUT2D eigenvalue weighted by Crippen LogP contribution is 2.24. The van der Waals surface area contributed by atoms with E-state index < -0.39 is 0 Å². The summed E-state index contributed by atoms with van der Waals surface area (Å²) >= 11 is 3.44. The second-order valence-corrected chi connectivity index (χ2v) is 5.82. The van der Waals surface area contributed by atoms with Gasteiger partial charge >= 0.3 is 0 Å². The molecular weight excluding hydrogens is 328 g/mol. The van der Waals surface area contributed by atoms with Crippen LogP contribution in [-0.2, 0) is 0 Å². The highest BCUT2D eigenvalue weighted by atomic mass is 79.9. The Labute approximate surface area is 134 Å². The van der Waals surface area contributed by atoms with E-state index in [9.17, 15) is 5.11 Å². The first-order chi connectivity index (χ1) is 10.3. The predicted octanol–water partition coefficient (Wildman–Crippen LogP) is 5.39. The first kappa shape index (κ1) is 15.9. The Hall–Kier alpha value is -1.48. The Bertz CT molecular complexity index is 520. The topological polar surface area (TPSA) is 29.5 Å². The third kappa shape index (κ3) is 5.43. The number of halogens is 1. The SMILES string of the molecule is Oc1ccc(-c2ccc(OCCCCCCBr)cc2)cc1. The van der Waals surface area contributed by atoms with Crippen molar-refractivity contribution in [2.75, 3.05) is 11.9 Å². The van der Waals surface area contributed by atoms with Crippen LogP contribution in [0.4, 0.5) is 0 Å². The summed E-state index contributed by atoms with van der Waals surface area (Å²) in [6.45, 7) is 0.779. The number of phenolic OH excluding ortho intramolecular Hbond substituents is 1. The van der Waals surface area contributed by atoms with E-state index in [4.69, 9.17) is 4.74 Å². The molecule has 0 aliphatic heterocycles. The van der Waals surface area contributed by atoms with Crippen LogP contribution in [0.5, 0.6) is 11.5 Å². The van der Waals surface area contributed by atoms with Crippen LogP contribution in [0.25, 0.3) is 11.1 Å². The highest BCUT2D eigenvalue weighted by molar-refractivity contribution is 9.09. The number of rotatable bonds is 8. The summed E-state index contributed by atoms with van der Waals surface area (Å²) in [6.07, 6.45) is 4.82. The molecule has 2 aromatic rings. The minimum Gasteiger partial charge on any atom is -0.508 e. The number of hydrogen-bond acceptors (Lipinski definition) is 2. The molecule has 0 radical (unpaired) electrons. The van der Waals surface area contributed by atoms with Gasteiger partial charge in [-0.05, 0) is 48.2 Å². The average molecular weight is 349 g/mol. The number of ether oxygens (including phenoxy) is 1. The molecule has 2 rings (SSSR count). The second kappa shape index (κ2) is 8.73. The molecule has 0 unspecified atom stereocenters. The molecule has 0 heterocycles. The average Bonchev–Trinajstić information content (AvgIpc) is 2.52. The molecule has 0 aliphatic rings. The van der Waals surface area contributed by atoms with Crippen LogP contribution in [-0.4, -0.2) is 17.0 Å². The molecule has 0 aliphatic carbocycles. The van der Waals surface area contributed by atoms with Crippen LogP contribution < -0.4 is 4.74 Å². The first-order valence-electron chi connectivity index (χ1n) is 7.38. The molecule has 0 amide bonds. The molecule has 3 heteroatoms. The monoisotopic (exact) mass is 348 g/mol. The fourth-order valence-corrected chi connectivity index (χ4v) is 2.53. The lowest BCUT2D eigenvalue weighted by Crippen LogP contribution is -1.97. The van der Waals surface area contributed by atoms with Gasteiger partial charge in [-0.25, -0.2) is 0 Å². The van der Waals surface area contributed by atoms with Crippen molar-refractivity contribution in [3.05, 3.63) is 48.5 Å². The van der Waals surface area contributed by atoms with Crippen molar-refractivity contribution in [3.8, 4) is 22.6 Å². The molecular formula is C18H21BrO2. The van der Waals surface area contributed by atoms with E-state index in [1.807, 2.05) is 36.4 Å². The normalized spacial score (nSPS) is 10.5. The molecule has 21 heavy (non-hydrogen) atoms. The van der Waals surface area contributed by atoms with E-state index >= 15 is 0 Å². The molecule has 2 aromatic carbocycles. The summed E-state index contributed by atoms with van der Waals surface area (Å²) in [5.74, 6) is 1.21. The zero-order valence-corrected chi connectivity index (χ0v) is 13.7. The first-order valence-corrected chi connectivity index (χ1v) is 8.50. The predicted molar refractivity (Wildman–Crippen MR) is 91.3 cm³/mol. The maximum Gasteiger partial charge on any atom is 0.119 e. The summed E-state index contributed by atoms with van der Waals surface area (Å²) in [5, 5.41) is 10.4. The molecule has 0 saturated carbocycles. The smallest absolute Gasteiger partial charge is 0.119 e. The lowest BCUT2D eigenvalue weighted by atomic mass is 10.1. The summed E-state index contributed by atoms with van der Waals surface area (Å²) in [6, 6.07) is 15.3. The van der Waals surface area contributed by atoms with E-state index in [0.29, 0.717) is 5.75 Å². The second-order valence-electron chi connectivity index (χ2n) is 5.02. The number of alkyl halides is 1. The zero-order valence-electron chi connectivity index (χ0n) is 12.1. The Morgan fingerprint density at radius 2 is 1.33 bits per heavy atom. The molecule has 2 nitrogen and oxygen atoms in total. The summed E-state index contributed by atoms with van der Waals surface area (Å²) in [7, 11) is 0. The molecule has 0 atom stereocenters. The van der Waals surface area contributed by atoms with Crippen LogP contribution >= 0.6 is 15.9 Å². The van der Waals surface area contributed by atoms with Crippen LogP contribution in [0.2, 0.25) is 0 Å². The minimum absolute atomic E-state index is 0.290. The van der Waals surface area contributed by atoms with Crippen LogP contribution in [0.15, 0.2) is 48.5 Å². The molecule has 0 saturated heterocycles. The van der Waals surface area contributed by atoms with E-state index in [2.05, 4.69) is 15.9 Å². The van der Waals surface area contributed by atoms with Gasteiger partial charge in [0.15, 0.2) is 0 Å². The third-order valence-electron chi connectivity index (χ3n) is 3.35. The number of hydrogen-bond donors (Lipinski definition) is 1. The summed E-state index contributed by atoms with van der Waals surface area (Å²) in [5.41, 5.74) is 2.22. The van der Waals surface area contributed by atoms with Crippen molar-refractivity contribution < 1.29 is 9.84 Å². The van der Waals surface area contributed by atoms with E-state index in [-0.39, 0.29) is 0 Å². The molecule has 0 aromatic heterocycles. The minimum atomic E-state index is 0.290. The molecule has 0 bridgehead atoms. The Morgan fingerprint density at radius 1 is 0.762 bits per heavy atom. The van der Waals surface area contributed by atoms with Crippen molar-refractivity contribution >= 4 is 15.9 Å². The molecule has 0 fully saturated rings. The van der Waals surface area contributed by atoms with Gasteiger partial charge in [0.2, 0.25) is 0 Å². The zero-order chi connectivity index (χ0) is 14.9. The van der Waals surface area contributed by atoms with E-state index in [1.54, 1.807) is 12.1 Å². The Kier molecular flexibility index (Phi) is 6.61. The van der Waals surface area contributed by atoms with Crippen molar-refractivity contribution in [1.29, 1.82) is 0 Å². The van der Waals surface area contributed by atoms with E-state index in [0.717, 1.165) is 35.2 Å². The number of aromatic hydroxyl groups is 1.